The van der Waals surface area contributed by atoms with Crippen LogP contribution in [0.4, 0.5) is 0 Å². The Morgan fingerprint density at radius 3 is 3.04 bits per heavy atom. The van der Waals surface area contributed by atoms with Crippen molar-refractivity contribution < 1.29 is 9.53 Å². The van der Waals surface area contributed by atoms with Gasteiger partial charge < -0.3 is 10.1 Å². The molecule has 1 atom stereocenters. The van der Waals surface area contributed by atoms with Crippen molar-refractivity contribution in [2.24, 2.45) is 0 Å². The standard InChI is InChI=1S/C17H19N7O2/c1-10-4-5-14-11(6-10)13(7-17(2,3)26-14)20-16(25)12-8-18-21-15(12)24-9-19-22-23-24/h4-6,8-9,13H,7H2,1-3H3,(H,18,21)(H,20,25). The van der Waals surface area contributed by atoms with Crippen molar-refractivity contribution in [3.05, 3.63) is 47.4 Å². The highest BCUT2D eigenvalue weighted by Gasteiger charge is 2.35. The molecule has 26 heavy (non-hydrogen) atoms. The summed E-state index contributed by atoms with van der Waals surface area (Å²) in [4.78, 5) is 12.9. The van der Waals surface area contributed by atoms with Crippen LogP contribution in [0, 0.1) is 6.92 Å². The van der Waals surface area contributed by atoms with E-state index >= 15 is 0 Å². The molecule has 1 aromatic carbocycles. The van der Waals surface area contributed by atoms with E-state index in [0.29, 0.717) is 17.8 Å². The third-order valence-electron chi connectivity index (χ3n) is 4.37. The van der Waals surface area contributed by atoms with Crippen LogP contribution in [-0.2, 0) is 0 Å². The molecular weight excluding hydrogens is 334 g/mol. The first-order chi connectivity index (χ1) is 12.4. The maximum atomic E-state index is 12.9. The molecule has 1 amide bonds. The molecule has 0 saturated carbocycles. The summed E-state index contributed by atoms with van der Waals surface area (Å²) in [5, 5.41) is 20.8. The number of tetrazole rings is 1. The lowest BCUT2D eigenvalue weighted by molar-refractivity contribution is 0.0619. The molecule has 1 unspecified atom stereocenters. The molecule has 0 aliphatic carbocycles. The van der Waals surface area contributed by atoms with Gasteiger partial charge in [-0.2, -0.15) is 9.78 Å². The van der Waals surface area contributed by atoms with Crippen molar-refractivity contribution in [1.29, 1.82) is 0 Å². The molecule has 0 spiro atoms. The van der Waals surface area contributed by atoms with Crippen molar-refractivity contribution in [2.45, 2.75) is 38.8 Å². The van der Waals surface area contributed by atoms with E-state index in [1.54, 1.807) is 0 Å². The van der Waals surface area contributed by atoms with Gasteiger partial charge in [-0.25, -0.2) is 0 Å². The van der Waals surface area contributed by atoms with Crippen LogP contribution in [-0.4, -0.2) is 41.9 Å². The maximum absolute atomic E-state index is 12.9. The Balaban J connectivity index is 1.65. The highest BCUT2D eigenvalue weighted by molar-refractivity contribution is 5.97. The van der Waals surface area contributed by atoms with Crippen molar-refractivity contribution in [1.82, 2.24) is 35.7 Å². The summed E-state index contributed by atoms with van der Waals surface area (Å²) in [6.07, 6.45) is 3.53. The molecule has 3 heterocycles. The van der Waals surface area contributed by atoms with E-state index in [9.17, 15) is 4.79 Å². The average molecular weight is 353 g/mol. The second kappa shape index (κ2) is 5.94. The molecule has 2 aromatic heterocycles. The Labute approximate surface area is 149 Å². The van der Waals surface area contributed by atoms with Crippen molar-refractivity contribution in [3.63, 3.8) is 0 Å². The Morgan fingerprint density at radius 2 is 2.27 bits per heavy atom. The van der Waals surface area contributed by atoms with Crippen LogP contribution in [0.1, 0.15) is 47.8 Å². The smallest absolute Gasteiger partial charge is 0.257 e. The van der Waals surface area contributed by atoms with Gasteiger partial charge in [0.15, 0.2) is 5.82 Å². The number of nitrogens with zero attached hydrogens (tertiary/aromatic N) is 5. The maximum Gasteiger partial charge on any atom is 0.257 e. The number of aromatic nitrogens is 6. The van der Waals surface area contributed by atoms with Gasteiger partial charge in [-0.05, 0) is 37.3 Å². The lowest BCUT2D eigenvalue weighted by atomic mass is 9.89. The van der Waals surface area contributed by atoms with Gasteiger partial charge in [0.1, 0.15) is 23.2 Å². The van der Waals surface area contributed by atoms with Crippen LogP contribution in [0.25, 0.3) is 5.82 Å². The number of carbonyl (C=O) groups excluding carboxylic acids is 1. The number of fused-ring (bicyclic) bond motifs is 1. The minimum absolute atomic E-state index is 0.169. The normalized spacial score (nSPS) is 18.0. The minimum atomic E-state index is -0.380. The number of aryl methyl sites for hydroxylation is 1. The third kappa shape index (κ3) is 2.92. The molecule has 3 aromatic rings. The van der Waals surface area contributed by atoms with Crippen LogP contribution in [0.3, 0.4) is 0 Å². The summed E-state index contributed by atoms with van der Waals surface area (Å²) in [7, 11) is 0. The topological polar surface area (TPSA) is 111 Å². The van der Waals surface area contributed by atoms with Gasteiger partial charge in [-0.3, -0.25) is 9.89 Å². The minimum Gasteiger partial charge on any atom is -0.487 e. The first-order valence-corrected chi connectivity index (χ1v) is 8.30. The number of aromatic amines is 1. The number of rotatable bonds is 3. The molecule has 4 rings (SSSR count). The van der Waals surface area contributed by atoms with Crippen LogP contribution in [0.15, 0.2) is 30.7 Å². The molecular formula is C17H19N7O2. The molecule has 9 heteroatoms. The van der Waals surface area contributed by atoms with E-state index < -0.39 is 0 Å². The van der Waals surface area contributed by atoms with Gasteiger partial charge in [0.25, 0.3) is 5.91 Å². The molecule has 134 valence electrons. The number of hydrogen-bond acceptors (Lipinski definition) is 6. The highest BCUT2D eigenvalue weighted by atomic mass is 16.5. The Kier molecular flexibility index (Phi) is 3.71. The SMILES string of the molecule is Cc1ccc2c(c1)C(NC(=O)c1cn[nH]c1-n1cnnn1)CC(C)(C)O2. The van der Waals surface area contributed by atoms with E-state index in [4.69, 9.17) is 4.74 Å². The Bertz CT molecular complexity index is 946. The number of nitrogens with one attached hydrogen (secondary N) is 2. The van der Waals surface area contributed by atoms with Gasteiger partial charge in [0.2, 0.25) is 0 Å². The fourth-order valence-corrected chi connectivity index (χ4v) is 3.22. The van der Waals surface area contributed by atoms with E-state index in [-0.39, 0.29) is 17.6 Å². The first-order valence-electron chi connectivity index (χ1n) is 8.30. The number of carbonyl (C=O) groups is 1. The fraction of sp³-hybridized carbons (Fsp3) is 0.353. The molecule has 1 aliphatic rings. The largest absolute Gasteiger partial charge is 0.487 e. The molecule has 1 aliphatic heterocycles. The predicted octanol–water partition coefficient (Wildman–Crippen LogP) is 1.73. The predicted molar refractivity (Wildman–Crippen MR) is 92.0 cm³/mol. The number of benzene rings is 1. The van der Waals surface area contributed by atoms with Crippen LogP contribution >= 0.6 is 0 Å². The lowest BCUT2D eigenvalue weighted by Gasteiger charge is -2.38. The van der Waals surface area contributed by atoms with Gasteiger partial charge in [-0.15, -0.1) is 5.10 Å². The van der Waals surface area contributed by atoms with Gasteiger partial charge >= 0.3 is 0 Å². The summed E-state index contributed by atoms with van der Waals surface area (Å²) in [6, 6.07) is 5.84. The third-order valence-corrected chi connectivity index (χ3v) is 4.37. The lowest BCUT2D eigenvalue weighted by Crippen LogP contribution is -2.41. The van der Waals surface area contributed by atoms with Crippen molar-refractivity contribution >= 4 is 5.91 Å². The number of hydrogen-bond donors (Lipinski definition) is 2. The molecule has 0 bridgehead atoms. The van der Waals surface area contributed by atoms with Crippen molar-refractivity contribution in [2.75, 3.05) is 0 Å². The zero-order chi connectivity index (χ0) is 18.3. The second-order valence-electron chi connectivity index (χ2n) is 7.02. The number of ether oxygens (including phenoxy) is 1. The van der Waals surface area contributed by atoms with Crippen LogP contribution in [0.5, 0.6) is 5.75 Å². The monoisotopic (exact) mass is 353 g/mol. The molecule has 0 fully saturated rings. The summed E-state index contributed by atoms with van der Waals surface area (Å²) in [6.45, 7) is 6.05. The first kappa shape index (κ1) is 16.2. The van der Waals surface area contributed by atoms with E-state index in [1.165, 1.54) is 17.2 Å². The Hall–Kier alpha value is -3.23. The van der Waals surface area contributed by atoms with Gasteiger partial charge in [0, 0.05) is 12.0 Å². The van der Waals surface area contributed by atoms with Gasteiger partial charge in [0.05, 0.1) is 12.2 Å². The van der Waals surface area contributed by atoms with E-state index in [1.807, 2.05) is 39.0 Å². The summed E-state index contributed by atoms with van der Waals surface area (Å²) in [5.41, 5.74) is 2.08. The summed E-state index contributed by atoms with van der Waals surface area (Å²) < 4.78 is 7.43. The van der Waals surface area contributed by atoms with Crippen LogP contribution in [0.2, 0.25) is 0 Å². The van der Waals surface area contributed by atoms with Gasteiger partial charge in [-0.1, -0.05) is 17.7 Å². The molecule has 9 nitrogen and oxygen atoms in total. The quantitative estimate of drug-likeness (QED) is 0.742. The van der Waals surface area contributed by atoms with Crippen LogP contribution < -0.4 is 10.1 Å². The van der Waals surface area contributed by atoms with E-state index in [0.717, 1.165) is 16.9 Å². The molecule has 2 N–H and O–H groups in total. The van der Waals surface area contributed by atoms with Crippen molar-refractivity contribution in [3.8, 4) is 11.6 Å². The van der Waals surface area contributed by atoms with E-state index in [2.05, 4.69) is 31.0 Å². The molecule has 0 radical (unpaired) electrons. The zero-order valence-corrected chi connectivity index (χ0v) is 14.7. The fourth-order valence-electron chi connectivity index (χ4n) is 3.22. The Morgan fingerprint density at radius 1 is 1.42 bits per heavy atom. The summed E-state index contributed by atoms with van der Waals surface area (Å²) >= 11 is 0. The average Bonchev–Trinajstić information content (AvgIpc) is 3.25. The summed E-state index contributed by atoms with van der Waals surface area (Å²) in [5.74, 6) is 0.965. The number of H-pyrrole nitrogens is 1. The molecule has 0 saturated heterocycles. The second-order valence-corrected chi connectivity index (χ2v) is 7.02. The number of amides is 1. The highest BCUT2D eigenvalue weighted by Crippen LogP contribution is 2.40. The zero-order valence-electron chi connectivity index (χ0n) is 14.7.